The Morgan fingerprint density at radius 2 is 1.73 bits per heavy atom. The van der Waals surface area contributed by atoms with Crippen molar-refractivity contribution in [1.29, 1.82) is 0 Å². The number of rotatable bonds is 9. The summed E-state index contributed by atoms with van der Waals surface area (Å²) in [5, 5.41) is 3.17. The van der Waals surface area contributed by atoms with Crippen LogP contribution in [0.15, 0.2) is 11.6 Å². The van der Waals surface area contributed by atoms with Crippen molar-refractivity contribution in [2.75, 3.05) is 19.8 Å². The van der Waals surface area contributed by atoms with Crippen molar-refractivity contribution in [2.24, 2.45) is 51.8 Å². The molecule has 7 rings (SSSR count). The van der Waals surface area contributed by atoms with Crippen LogP contribution in [0.4, 0.5) is 0 Å². The number of ketones is 1. The highest BCUT2D eigenvalue weighted by atomic mass is 32.2. The van der Waals surface area contributed by atoms with E-state index in [4.69, 9.17) is 9.47 Å². The maximum Gasteiger partial charge on any atom is 0.306 e. The number of fused-ring (bicyclic) bond motifs is 8. The zero-order valence-corrected chi connectivity index (χ0v) is 30.7. The number of hydrogen-bond donors (Lipinski definition) is 1. The lowest BCUT2D eigenvalue weighted by Crippen LogP contribution is -2.57. The summed E-state index contributed by atoms with van der Waals surface area (Å²) in [6.07, 6.45) is 17.7. The van der Waals surface area contributed by atoms with Crippen LogP contribution in [0.25, 0.3) is 0 Å². The average Bonchev–Trinajstić information content (AvgIpc) is 3.55. The molecule has 266 valence electrons. The van der Waals surface area contributed by atoms with E-state index in [1.165, 1.54) is 43.0 Å². The molecule has 1 heterocycles. The quantitative estimate of drug-likeness (QED) is 0.198. The van der Waals surface area contributed by atoms with Gasteiger partial charge >= 0.3 is 5.97 Å². The lowest BCUT2D eigenvalue weighted by atomic mass is 9.46. The summed E-state index contributed by atoms with van der Waals surface area (Å²) in [6.45, 7) is 10.1. The lowest BCUT2D eigenvalue weighted by Gasteiger charge is -2.61. The van der Waals surface area contributed by atoms with E-state index in [0.717, 1.165) is 75.5 Å². The van der Waals surface area contributed by atoms with Gasteiger partial charge in [0.15, 0.2) is 5.78 Å². The van der Waals surface area contributed by atoms with Crippen LogP contribution in [-0.4, -0.2) is 53.4 Å². The van der Waals surface area contributed by atoms with Crippen LogP contribution < -0.4 is 5.32 Å². The Balaban J connectivity index is 0.938. The summed E-state index contributed by atoms with van der Waals surface area (Å²) in [7, 11) is 0. The van der Waals surface area contributed by atoms with Crippen molar-refractivity contribution < 1.29 is 28.7 Å². The Hall–Kier alpha value is -1.67. The lowest BCUT2D eigenvalue weighted by molar-refractivity contribution is -0.167. The number of amides is 1. The minimum atomic E-state index is -0.364. The van der Waals surface area contributed by atoms with Crippen LogP contribution in [0.3, 0.4) is 0 Å². The molecule has 7 unspecified atom stereocenters. The molecule has 1 saturated heterocycles. The molecule has 1 amide bonds. The Kier molecular flexibility index (Phi) is 9.52. The molecule has 1 aliphatic heterocycles. The van der Waals surface area contributed by atoms with Gasteiger partial charge in [0.1, 0.15) is 12.2 Å². The van der Waals surface area contributed by atoms with Gasteiger partial charge in [-0.05, 0) is 129 Å². The van der Waals surface area contributed by atoms with Gasteiger partial charge in [0.2, 0.25) is 11.0 Å². The van der Waals surface area contributed by atoms with Crippen LogP contribution in [-0.2, 0) is 28.7 Å². The van der Waals surface area contributed by atoms with Crippen LogP contribution in [0.2, 0.25) is 0 Å². The van der Waals surface area contributed by atoms with E-state index in [2.05, 4.69) is 33.0 Å². The van der Waals surface area contributed by atoms with E-state index in [-0.39, 0.29) is 56.5 Å². The van der Waals surface area contributed by atoms with Gasteiger partial charge in [-0.2, -0.15) is 0 Å². The predicted octanol–water partition coefficient (Wildman–Crippen LogP) is 7.60. The predicted molar refractivity (Wildman–Crippen MR) is 187 cm³/mol. The highest BCUT2D eigenvalue weighted by Crippen LogP contribution is 2.70. The molecule has 48 heavy (non-hydrogen) atoms. The largest absolute Gasteiger partial charge is 0.458 e. The minimum absolute atomic E-state index is 0.0117. The van der Waals surface area contributed by atoms with Crippen molar-refractivity contribution in [2.45, 2.75) is 141 Å². The average molecular weight is 682 g/mol. The number of nitrogens with one attached hydrogen (secondary N) is 1. The van der Waals surface area contributed by atoms with Crippen molar-refractivity contribution in [3.63, 3.8) is 0 Å². The fourth-order valence-corrected chi connectivity index (χ4v) is 14.3. The monoisotopic (exact) mass is 681 g/mol. The van der Waals surface area contributed by atoms with E-state index < -0.39 is 0 Å². The molecule has 6 fully saturated rings. The minimum Gasteiger partial charge on any atom is -0.458 e. The number of ether oxygens (including phenoxy) is 2. The molecule has 0 aromatic rings. The number of allylic oxidation sites excluding steroid dienone is 1. The number of esters is 1. The summed E-state index contributed by atoms with van der Waals surface area (Å²) in [4.78, 5) is 51.4. The van der Waals surface area contributed by atoms with Crippen molar-refractivity contribution in [1.82, 2.24) is 5.32 Å². The number of hydrogen-bond acceptors (Lipinski definition) is 7. The van der Waals surface area contributed by atoms with Crippen LogP contribution in [0.5, 0.6) is 0 Å². The van der Waals surface area contributed by atoms with Gasteiger partial charge in [-0.1, -0.05) is 51.5 Å². The van der Waals surface area contributed by atoms with Crippen molar-refractivity contribution in [3.05, 3.63) is 11.6 Å². The van der Waals surface area contributed by atoms with Crippen molar-refractivity contribution in [3.8, 4) is 0 Å². The molecule has 2 bridgehead atoms. The van der Waals surface area contributed by atoms with Gasteiger partial charge in [-0.3, -0.25) is 19.2 Å². The molecule has 7 aliphatic rings. The summed E-state index contributed by atoms with van der Waals surface area (Å²) >= 11 is 1.43. The first kappa shape index (κ1) is 34.8. The van der Waals surface area contributed by atoms with E-state index in [9.17, 15) is 19.2 Å². The number of carbonyl (C=O) groups is 4. The molecule has 8 heteroatoms. The SMILES string of the molecule is CCC1CC2CC(C1)CC(C)(CC(=O)NCCOCC(=O)S[C@@H]1CC3=CC(=O)CCC3(C)C3CCC4(C)C(CC[C@@]45CCC(=O)O5)C31)C2. The molecule has 1 spiro atoms. The van der Waals surface area contributed by atoms with E-state index in [0.29, 0.717) is 50.2 Å². The molecule has 9 atom stereocenters. The first-order chi connectivity index (χ1) is 22.9. The summed E-state index contributed by atoms with van der Waals surface area (Å²) in [5.74, 6) is 3.80. The van der Waals surface area contributed by atoms with Crippen LogP contribution in [0.1, 0.15) is 130 Å². The summed E-state index contributed by atoms with van der Waals surface area (Å²) in [6, 6.07) is 0. The molecule has 7 nitrogen and oxygen atoms in total. The normalized spacial score (nSPS) is 44.8. The molecule has 1 N–H and O–H groups in total. The van der Waals surface area contributed by atoms with Crippen LogP contribution >= 0.6 is 11.8 Å². The first-order valence-electron chi connectivity index (χ1n) is 19.3. The smallest absolute Gasteiger partial charge is 0.306 e. The topological polar surface area (TPSA) is 98.8 Å². The third-order valence-electron chi connectivity index (χ3n) is 15.1. The Morgan fingerprint density at radius 3 is 2.44 bits per heavy atom. The molecule has 5 saturated carbocycles. The molecule has 0 aromatic carbocycles. The highest BCUT2D eigenvalue weighted by Gasteiger charge is 2.68. The van der Waals surface area contributed by atoms with Crippen molar-refractivity contribution >= 4 is 34.5 Å². The number of carbonyl (C=O) groups excluding carboxylic acids is 4. The van der Waals surface area contributed by atoms with Gasteiger partial charge in [-0.25, -0.2) is 0 Å². The van der Waals surface area contributed by atoms with E-state index in [1.807, 2.05) is 6.08 Å². The number of thioether (sulfide) groups is 1. The second-order valence-corrected chi connectivity index (χ2v) is 19.3. The first-order valence-corrected chi connectivity index (χ1v) is 20.2. The summed E-state index contributed by atoms with van der Waals surface area (Å²) < 4.78 is 12.0. The van der Waals surface area contributed by atoms with E-state index in [1.54, 1.807) is 0 Å². The van der Waals surface area contributed by atoms with Gasteiger partial charge in [0, 0.05) is 36.5 Å². The molecule has 6 aliphatic carbocycles. The Labute approximate surface area is 292 Å². The zero-order valence-electron chi connectivity index (χ0n) is 29.9. The maximum absolute atomic E-state index is 13.5. The Morgan fingerprint density at radius 1 is 0.979 bits per heavy atom. The third-order valence-corrected chi connectivity index (χ3v) is 16.3. The molecular weight excluding hydrogens is 623 g/mol. The van der Waals surface area contributed by atoms with E-state index >= 15 is 0 Å². The van der Waals surface area contributed by atoms with Gasteiger partial charge < -0.3 is 14.8 Å². The molecule has 0 radical (unpaired) electrons. The van der Waals surface area contributed by atoms with Gasteiger partial charge in [0.25, 0.3) is 0 Å². The fraction of sp³-hybridized carbons (Fsp3) is 0.850. The second kappa shape index (κ2) is 13.1. The van der Waals surface area contributed by atoms with Crippen LogP contribution in [0, 0.1) is 51.8 Å². The zero-order chi connectivity index (χ0) is 33.9. The highest BCUT2D eigenvalue weighted by molar-refractivity contribution is 8.14. The van der Waals surface area contributed by atoms with Gasteiger partial charge in [0.05, 0.1) is 6.61 Å². The molecule has 0 aromatic heterocycles. The molecular formula is C40H59NO6S. The summed E-state index contributed by atoms with van der Waals surface area (Å²) in [5.41, 5.74) is 0.867. The van der Waals surface area contributed by atoms with Gasteiger partial charge in [-0.15, -0.1) is 0 Å². The Bertz CT molecular complexity index is 1330. The maximum atomic E-state index is 13.5. The standard InChI is InChI=1S/C40H59NO6S/c1-5-25-16-26-18-27(17-25)22-37(2,21-26)23-33(43)41-14-15-46-24-35(45)48-32-20-28-19-29(42)6-10-38(28,3)30-7-11-39(4)31(36(30)32)8-12-40(39)13-9-34(44)47-40/h19,25-27,30-32,36H,5-18,20-24H2,1-4H3,(H,41,43)/t25?,26?,27?,30?,31?,32-,36?,37?,38?,39?,40-/m1/s1. The second-order valence-electron chi connectivity index (χ2n) is 18.1. The third kappa shape index (κ3) is 6.26. The fourth-order valence-electron chi connectivity index (χ4n) is 13.0.